The summed E-state index contributed by atoms with van der Waals surface area (Å²) in [6.07, 6.45) is 1.46. The highest BCUT2D eigenvalue weighted by Gasteiger charge is 2.13. The SMILES string of the molecule is CCN(CC)C(=O)c1ccnnn1. The van der Waals surface area contributed by atoms with E-state index in [-0.39, 0.29) is 5.91 Å². The molecule has 0 saturated carbocycles. The number of carbonyl (C=O) groups excluding carboxylic acids is 1. The van der Waals surface area contributed by atoms with Gasteiger partial charge in [-0.2, -0.15) is 0 Å². The number of hydrogen-bond donors (Lipinski definition) is 0. The summed E-state index contributed by atoms with van der Waals surface area (Å²) in [5.74, 6) is -0.0973. The van der Waals surface area contributed by atoms with E-state index >= 15 is 0 Å². The van der Waals surface area contributed by atoms with Gasteiger partial charge in [-0.05, 0) is 25.1 Å². The standard InChI is InChI=1S/C8H12N4O/c1-3-12(4-2)8(13)7-5-6-9-11-10-7/h5-6H,3-4H2,1-2H3. The minimum Gasteiger partial charge on any atom is -0.338 e. The van der Waals surface area contributed by atoms with Crippen LogP contribution >= 0.6 is 0 Å². The van der Waals surface area contributed by atoms with Crippen molar-refractivity contribution < 1.29 is 4.79 Å². The van der Waals surface area contributed by atoms with E-state index in [2.05, 4.69) is 15.4 Å². The van der Waals surface area contributed by atoms with Crippen LogP contribution in [0.2, 0.25) is 0 Å². The molecule has 0 aliphatic rings. The Balaban J connectivity index is 2.78. The first kappa shape index (κ1) is 9.57. The Labute approximate surface area is 76.8 Å². The van der Waals surface area contributed by atoms with Crippen LogP contribution in [0.5, 0.6) is 0 Å². The van der Waals surface area contributed by atoms with Crippen molar-refractivity contribution in [1.29, 1.82) is 0 Å². The number of aromatic nitrogens is 3. The molecular weight excluding hydrogens is 168 g/mol. The van der Waals surface area contributed by atoms with Gasteiger partial charge < -0.3 is 4.90 Å². The summed E-state index contributed by atoms with van der Waals surface area (Å²) in [5, 5.41) is 10.6. The van der Waals surface area contributed by atoms with Gasteiger partial charge in [0, 0.05) is 13.1 Å². The fraction of sp³-hybridized carbons (Fsp3) is 0.500. The van der Waals surface area contributed by atoms with E-state index in [4.69, 9.17) is 0 Å². The lowest BCUT2D eigenvalue weighted by atomic mass is 10.3. The lowest BCUT2D eigenvalue weighted by molar-refractivity contribution is 0.0765. The molecule has 5 nitrogen and oxygen atoms in total. The molecular formula is C8H12N4O. The summed E-state index contributed by atoms with van der Waals surface area (Å²) < 4.78 is 0. The van der Waals surface area contributed by atoms with Crippen molar-refractivity contribution in [2.24, 2.45) is 0 Å². The third-order valence-electron chi connectivity index (χ3n) is 1.77. The van der Waals surface area contributed by atoms with Crippen LogP contribution in [0, 0.1) is 0 Å². The second kappa shape index (κ2) is 4.49. The number of rotatable bonds is 3. The zero-order valence-electron chi connectivity index (χ0n) is 7.77. The van der Waals surface area contributed by atoms with Gasteiger partial charge in [-0.15, -0.1) is 10.2 Å². The first-order chi connectivity index (χ1) is 6.29. The number of carbonyl (C=O) groups is 1. The Kier molecular flexibility index (Phi) is 3.31. The van der Waals surface area contributed by atoms with Crippen LogP contribution in [0.15, 0.2) is 12.3 Å². The molecule has 1 aromatic rings. The topological polar surface area (TPSA) is 59.0 Å². The van der Waals surface area contributed by atoms with Gasteiger partial charge in [0.1, 0.15) is 0 Å². The van der Waals surface area contributed by atoms with E-state index < -0.39 is 0 Å². The smallest absolute Gasteiger partial charge is 0.274 e. The largest absolute Gasteiger partial charge is 0.338 e. The zero-order valence-corrected chi connectivity index (χ0v) is 7.77. The summed E-state index contributed by atoms with van der Waals surface area (Å²) in [4.78, 5) is 13.3. The molecule has 0 atom stereocenters. The quantitative estimate of drug-likeness (QED) is 0.673. The minimum absolute atomic E-state index is 0.0973. The van der Waals surface area contributed by atoms with Gasteiger partial charge >= 0.3 is 0 Å². The van der Waals surface area contributed by atoms with Crippen molar-refractivity contribution in [3.8, 4) is 0 Å². The molecule has 1 amide bonds. The molecule has 0 radical (unpaired) electrons. The van der Waals surface area contributed by atoms with Crippen molar-refractivity contribution in [2.45, 2.75) is 13.8 Å². The second-order valence-electron chi connectivity index (χ2n) is 2.48. The van der Waals surface area contributed by atoms with E-state index in [1.165, 1.54) is 6.20 Å². The summed E-state index contributed by atoms with van der Waals surface area (Å²) in [6.45, 7) is 5.21. The molecule has 1 rings (SSSR count). The third kappa shape index (κ3) is 2.21. The average Bonchev–Trinajstić information content (AvgIpc) is 2.21. The number of hydrogen-bond acceptors (Lipinski definition) is 4. The fourth-order valence-corrected chi connectivity index (χ4v) is 1.03. The number of nitrogens with zero attached hydrogens (tertiary/aromatic N) is 4. The zero-order chi connectivity index (χ0) is 9.68. The van der Waals surface area contributed by atoms with E-state index in [1.54, 1.807) is 11.0 Å². The van der Waals surface area contributed by atoms with Crippen LogP contribution in [0.25, 0.3) is 0 Å². The molecule has 0 aromatic carbocycles. The highest BCUT2D eigenvalue weighted by Crippen LogP contribution is 1.98. The molecule has 0 fully saturated rings. The molecule has 0 bridgehead atoms. The Morgan fingerprint density at radius 2 is 2.15 bits per heavy atom. The van der Waals surface area contributed by atoms with Gasteiger partial charge in [-0.3, -0.25) is 4.79 Å². The van der Waals surface area contributed by atoms with Crippen LogP contribution in [-0.2, 0) is 0 Å². The van der Waals surface area contributed by atoms with Crippen LogP contribution in [-0.4, -0.2) is 39.3 Å². The van der Waals surface area contributed by atoms with Crippen LogP contribution in [0.3, 0.4) is 0 Å². The second-order valence-corrected chi connectivity index (χ2v) is 2.48. The molecule has 5 heteroatoms. The molecule has 13 heavy (non-hydrogen) atoms. The highest BCUT2D eigenvalue weighted by molar-refractivity contribution is 5.91. The molecule has 0 spiro atoms. The molecule has 0 aliphatic carbocycles. The molecule has 0 aliphatic heterocycles. The Morgan fingerprint density at radius 3 is 2.62 bits per heavy atom. The lowest BCUT2D eigenvalue weighted by Crippen LogP contribution is -2.31. The summed E-state index contributed by atoms with van der Waals surface area (Å²) in [5.41, 5.74) is 0.346. The van der Waals surface area contributed by atoms with Gasteiger partial charge in [0.15, 0.2) is 5.69 Å². The van der Waals surface area contributed by atoms with Crippen LogP contribution in [0.1, 0.15) is 24.3 Å². The number of amides is 1. The Hall–Kier alpha value is -1.52. The summed E-state index contributed by atoms with van der Waals surface area (Å²) in [6, 6.07) is 1.56. The molecule has 1 heterocycles. The van der Waals surface area contributed by atoms with Crippen molar-refractivity contribution in [3.63, 3.8) is 0 Å². The summed E-state index contributed by atoms with van der Waals surface area (Å²) >= 11 is 0. The van der Waals surface area contributed by atoms with Gasteiger partial charge in [0.25, 0.3) is 5.91 Å². The first-order valence-corrected chi connectivity index (χ1v) is 4.23. The van der Waals surface area contributed by atoms with Crippen molar-refractivity contribution in [1.82, 2.24) is 20.3 Å². The molecule has 0 N–H and O–H groups in total. The van der Waals surface area contributed by atoms with E-state index in [0.29, 0.717) is 18.8 Å². The normalized spacial score (nSPS) is 9.69. The Morgan fingerprint density at radius 1 is 1.46 bits per heavy atom. The maximum Gasteiger partial charge on any atom is 0.274 e. The van der Waals surface area contributed by atoms with E-state index in [0.717, 1.165) is 0 Å². The van der Waals surface area contributed by atoms with E-state index in [9.17, 15) is 4.79 Å². The van der Waals surface area contributed by atoms with Gasteiger partial charge in [-0.1, -0.05) is 0 Å². The Bertz CT molecular complexity index is 271. The molecule has 0 unspecified atom stereocenters. The van der Waals surface area contributed by atoms with Crippen LogP contribution < -0.4 is 0 Å². The minimum atomic E-state index is -0.0973. The molecule has 70 valence electrons. The van der Waals surface area contributed by atoms with Gasteiger partial charge in [0.05, 0.1) is 6.20 Å². The molecule has 1 aromatic heterocycles. The summed E-state index contributed by atoms with van der Waals surface area (Å²) in [7, 11) is 0. The van der Waals surface area contributed by atoms with Crippen LogP contribution in [0.4, 0.5) is 0 Å². The lowest BCUT2D eigenvalue weighted by Gasteiger charge is -2.16. The van der Waals surface area contributed by atoms with Crippen molar-refractivity contribution in [3.05, 3.63) is 18.0 Å². The predicted molar refractivity (Wildman–Crippen MR) is 47.1 cm³/mol. The molecule has 0 saturated heterocycles. The first-order valence-electron chi connectivity index (χ1n) is 4.23. The van der Waals surface area contributed by atoms with Crippen molar-refractivity contribution in [2.75, 3.05) is 13.1 Å². The van der Waals surface area contributed by atoms with E-state index in [1.807, 2.05) is 13.8 Å². The van der Waals surface area contributed by atoms with Crippen molar-refractivity contribution >= 4 is 5.91 Å². The predicted octanol–water partition coefficient (Wildman–Crippen LogP) is 0.354. The third-order valence-corrected chi connectivity index (χ3v) is 1.77. The van der Waals surface area contributed by atoms with Gasteiger partial charge in [-0.25, -0.2) is 0 Å². The average molecular weight is 180 g/mol. The maximum absolute atomic E-state index is 11.6. The highest BCUT2D eigenvalue weighted by atomic mass is 16.2. The monoisotopic (exact) mass is 180 g/mol. The fourth-order valence-electron chi connectivity index (χ4n) is 1.03. The maximum atomic E-state index is 11.6. The van der Waals surface area contributed by atoms with Gasteiger partial charge in [0.2, 0.25) is 0 Å².